The van der Waals surface area contributed by atoms with Crippen LogP contribution >= 0.6 is 11.8 Å². The van der Waals surface area contributed by atoms with Gasteiger partial charge in [0.25, 0.3) is 5.56 Å². The van der Waals surface area contributed by atoms with Crippen molar-refractivity contribution in [2.45, 2.75) is 25.2 Å². The first kappa shape index (κ1) is 18.5. The van der Waals surface area contributed by atoms with E-state index < -0.39 is 0 Å². The van der Waals surface area contributed by atoms with E-state index in [1.54, 1.807) is 17.7 Å². The Morgan fingerprint density at radius 3 is 2.54 bits per heavy atom. The highest BCUT2D eigenvalue weighted by Crippen LogP contribution is 2.28. The molecule has 6 heteroatoms. The summed E-state index contributed by atoms with van der Waals surface area (Å²) in [5.74, 6) is 0.372. The van der Waals surface area contributed by atoms with E-state index in [1.165, 1.54) is 11.8 Å². The fraction of sp³-hybridized carbons (Fsp3) is 0.227. The Kier molecular flexibility index (Phi) is 5.30. The number of anilines is 1. The number of thioether (sulfide) groups is 1. The average Bonchev–Trinajstić information content (AvgIpc) is 2.75. The quantitative estimate of drug-likeness (QED) is 0.639. The van der Waals surface area contributed by atoms with Crippen LogP contribution in [0.1, 0.15) is 11.1 Å². The van der Waals surface area contributed by atoms with Gasteiger partial charge in [-0.3, -0.25) is 14.2 Å². The molecule has 0 N–H and O–H groups in total. The smallest absolute Gasteiger partial charge is 0.257 e. The summed E-state index contributed by atoms with van der Waals surface area (Å²) in [6.45, 7) is 2.62. The molecule has 0 saturated heterocycles. The Bertz CT molecular complexity index is 1030. The summed E-state index contributed by atoms with van der Waals surface area (Å²) in [4.78, 5) is 32.1. The van der Waals surface area contributed by atoms with Crippen molar-refractivity contribution in [1.82, 2.24) is 9.55 Å². The summed E-state index contributed by atoms with van der Waals surface area (Å²) in [7, 11) is 0. The van der Waals surface area contributed by atoms with Gasteiger partial charge in [-0.05, 0) is 24.6 Å². The van der Waals surface area contributed by atoms with E-state index in [-0.39, 0.29) is 17.4 Å². The van der Waals surface area contributed by atoms with Crippen LogP contribution in [0.15, 0.2) is 76.8 Å². The Morgan fingerprint density at radius 1 is 1.14 bits per heavy atom. The second-order valence-corrected chi connectivity index (χ2v) is 7.88. The Balaban J connectivity index is 1.64. The maximum Gasteiger partial charge on any atom is 0.257 e. The number of aryl methyl sites for hydroxylation is 1. The first-order chi connectivity index (χ1) is 13.6. The second-order valence-electron chi connectivity index (χ2n) is 6.89. The van der Waals surface area contributed by atoms with Crippen molar-refractivity contribution >= 4 is 23.4 Å². The molecule has 1 amide bonds. The van der Waals surface area contributed by atoms with E-state index in [9.17, 15) is 9.59 Å². The average molecular weight is 391 g/mol. The first-order valence-corrected chi connectivity index (χ1v) is 10.2. The van der Waals surface area contributed by atoms with Crippen LogP contribution in [0.25, 0.3) is 0 Å². The lowest BCUT2D eigenvalue weighted by molar-refractivity contribution is -0.122. The molecule has 0 saturated carbocycles. The van der Waals surface area contributed by atoms with Gasteiger partial charge in [0, 0.05) is 29.7 Å². The molecule has 1 atom stereocenters. The van der Waals surface area contributed by atoms with Gasteiger partial charge < -0.3 is 4.90 Å². The molecule has 3 aromatic rings. The topological polar surface area (TPSA) is 55.2 Å². The maximum atomic E-state index is 13.5. The highest BCUT2D eigenvalue weighted by atomic mass is 32.2. The molecule has 1 aliphatic heterocycles. The van der Waals surface area contributed by atoms with Crippen LogP contribution < -0.4 is 10.5 Å². The van der Waals surface area contributed by atoms with Gasteiger partial charge in [-0.2, -0.15) is 0 Å². The largest absolute Gasteiger partial charge is 0.308 e. The van der Waals surface area contributed by atoms with Gasteiger partial charge in [0.2, 0.25) is 5.91 Å². The van der Waals surface area contributed by atoms with Gasteiger partial charge in [-0.1, -0.05) is 60.3 Å². The van der Waals surface area contributed by atoms with Crippen LogP contribution in [0.2, 0.25) is 0 Å². The summed E-state index contributed by atoms with van der Waals surface area (Å²) in [5.41, 5.74) is 2.46. The maximum absolute atomic E-state index is 13.5. The van der Waals surface area contributed by atoms with E-state index in [4.69, 9.17) is 0 Å². The molecule has 4 rings (SSSR count). The Labute approximate surface area is 168 Å². The fourth-order valence-corrected chi connectivity index (χ4v) is 4.38. The zero-order valence-corrected chi connectivity index (χ0v) is 16.4. The van der Waals surface area contributed by atoms with Crippen molar-refractivity contribution in [3.05, 3.63) is 88.3 Å². The van der Waals surface area contributed by atoms with E-state index in [0.29, 0.717) is 29.6 Å². The molecule has 2 aromatic carbocycles. The SMILES string of the molecule is Cc1cnc2n(c1=O)CC(C(=O)N(Cc1ccccc1)c1ccccc1)CS2. The molecule has 1 aliphatic rings. The predicted octanol–water partition coefficient (Wildman–Crippen LogP) is 3.51. The van der Waals surface area contributed by atoms with Gasteiger partial charge in [-0.15, -0.1) is 0 Å². The van der Waals surface area contributed by atoms with Crippen molar-refractivity contribution in [1.29, 1.82) is 0 Å². The zero-order valence-electron chi connectivity index (χ0n) is 15.6. The van der Waals surface area contributed by atoms with Crippen molar-refractivity contribution < 1.29 is 4.79 Å². The van der Waals surface area contributed by atoms with Crippen molar-refractivity contribution in [3.8, 4) is 0 Å². The van der Waals surface area contributed by atoms with Crippen LogP contribution in [0.5, 0.6) is 0 Å². The minimum Gasteiger partial charge on any atom is -0.308 e. The summed E-state index contributed by atoms with van der Waals surface area (Å²) in [5, 5.41) is 0.689. The first-order valence-electron chi connectivity index (χ1n) is 9.23. The lowest BCUT2D eigenvalue weighted by atomic mass is 10.1. The highest BCUT2D eigenvalue weighted by molar-refractivity contribution is 7.99. The van der Waals surface area contributed by atoms with Gasteiger partial charge in [0.05, 0.1) is 12.5 Å². The number of benzene rings is 2. The van der Waals surface area contributed by atoms with Gasteiger partial charge in [0.1, 0.15) is 0 Å². The molecule has 2 heterocycles. The number of amides is 1. The van der Waals surface area contributed by atoms with Crippen molar-refractivity contribution in [2.24, 2.45) is 5.92 Å². The van der Waals surface area contributed by atoms with Crippen LogP contribution in [0.4, 0.5) is 5.69 Å². The molecule has 1 aromatic heterocycles. The molecular weight excluding hydrogens is 370 g/mol. The molecule has 5 nitrogen and oxygen atoms in total. The molecule has 142 valence electrons. The molecule has 28 heavy (non-hydrogen) atoms. The van der Waals surface area contributed by atoms with Crippen LogP contribution in [0, 0.1) is 12.8 Å². The summed E-state index contributed by atoms with van der Waals surface area (Å²) in [6, 6.07) is 19.7. The number of rotatable bonds is 4. The monoisotopic (exact) mass is 391 g/mol. The molecule has 1 unspecified atom stereocenters. The minimum atomic E-state index is -0.275. The second kappa shape index (κ2) is 8.02. The number of carbonyl (C=O) groups is 1. The standard InChI is InChI=1S/C22H21N3O2S/c1-16-12-23-22-25(20(16)26)14-18(15-28-22)21(27)24(19-10-6-3-7-11-19)13-17-8-4-2-5-9-17/h2-12,18H,13-15H2,1H3. The van der Waals surface area contributed by atoms with Crippen LogP contribution in [-0.4, -0.2) is 21.2 Å². The lowest BCUT2D eigenvalue weighted by Gasteiger charge is -2.30. The number of aromatic nitrogens is 2. The van der Waals surface area contributed by atoms with Crippen LogP contribution in [-0.2, 0) is 17.9 Å². The normalized spacial score (nSPS) is 15.7. The van der Waals surface area contributed by atoms with Crippen molar-refractivity contribution in [3.63, 3.8) is 0 Å². The van der Waals surface area contributed by atoms with E-state index in [1.807, 2.05) is 65.6 Å². The third-order valence-corrected chi connectivity index (χ3v) is 6.02. The molecular formula is C22H21N3O2S. The Hall–Kier alpha value is -2.86. The van der Waals surface area contributed by atoms with Crippen molar-refractivity contribution in [2.75, 3.05) is 10.7 Å². The van der Waals surface area contributed by atoms with Gasteiger partial charge >= 0.3 is 0 Å². The fourth-order valence-electron chi connectivity index (χ4n) is 3.34. The number of hydrogen-bond donors (Lipinski definition) is 0. The minimum absolute atomic E-state index is 0.0293. The third kappa shape index (κ3) is 3.73. The zero-order chi connectivity index (χ0) is 19.5. The molecule has 0 aliphatic carbocycles. The Morgan fingerprint density at radius 2 is 1.82 bits per heavy atom. The molecule has 0 spiro atoms. The number of nitrogens with zero attached hydrogens (tertiary/aromatic N) is 3. The van der Waals surface area contributed by atoms with E-state index >= 15 is 0 Å². The molecule has 0 radical (unpaired) electrons. The van der Waals surface area contributed by atoms with Gasteiger partial charge in [-0.25, -0.2) is 4.98 Å². The summed E-state index contributed by atoms with van der Waals surface area (Å²) < 4.78 is 1.64. The van der Waals surface area contributed by atoms with Gasteiger partial charge in [0.15, 0.2) is 5.16 Å². The van der Waals surface area contributed by atoms with Crippen LogP contribution in [0.3, 0.4) is 0 Å². The number of para-hydroxylation sites is 1. The predicted molar refractivity (Wildman–Crippen MR) is 112 cm³/mol. The third-order valence-electron chi connectivity index (χ3n) is 4.87. The lowest BCUT2D eigenvalue weighted by Crippen LogP contribution is -2.42. The highest BCUT2D eigenvalue weighted by Gasteiger charge is 2.31. The molecule has 0 fully saturated rings. The summed E-state index contributed by atoms with van der Waals surface area (Å²) >= 11 is 1.47. The molecule has 0 bridgehead atoms. The van der Waals surface area contributed by atoms with E-state index in [0.717, 1.165) is 11.3 Å². The number of carbonyl (C=O) groups excluding carboxylic acids is 1. The number of fused-ring (bicyclic) bond motifs is 1. The summed E-state index contributed by atoms with van der Waals surface area (Å²) in [6.07, 6.45) is 1.61. The number of hydrogen-bond acceptors (Lipinski definition) is 4. The van der Waals surface area contributed by atoms with E-state index in [2.05, 4.69) is 4.98 Å².